The van der Waals surface area contributed by atoms with Gasteiger partial charge in [-0.1, -0.05) is 0 Å². The van der Waals surface area contributed by atoms with E-state index in [4.69, 9.17) is 0 Å². The Hall–Kier alpha value is -0.741. The molecule has 0 aromatic heterocycles. The Morgan fingerprint density at radius 1 is 1.33 bits per heavy atom. The van der Waals surface area contributed by atoms with E-state index >= 15 is 0 Å². The topological polar surface area (TPSA) is 20.2 Å². The van der Waals surface area contributed by atoms with Crippen LogP contribution in [0.5, 0.6) is 0 Å². The first-order chi connectivity index (χ1) is 7.33. The molecule has 0 aliphatic heterocycles. The van der Waals surface area contributed by atoms with Gasteiger partial charge in [0.05, 0.1) is 0 Å². The predicted octanol–water partition coefficient (Wildman–Crippen LogP) is 1.53. The van der Waals surface area contributed by atoms with Crippen LogP contribution in [0.2, 0.25) is 0 Å². The zero-order chi connectivity index (χ0) is 10.9. The van der Waals surface area contributed by atoms with Crippen molar-refractivity contribution in [1.29, 1.82) is 0 Å². The summed E-state index contributed by atoms with van der Waals surface area (Å²) in [5, 5.41) is 9.49. The van der Waals surface area contributed by atoms with Gasteiger partial charge < -0.3 is 0 Å². The molecule has 0 fully saturated rings. The van der Waals surface area contributed by atoms with Crippen molar-refractivity contribution in [2.24, 2.45) is 0 Å². The van der Waals surface area contributed by atoms with Crippen molar-refractivity contribution in [2.45, 2.75) is 32.3 Å². The van der Waals surface area contributed by atoms with Crippen LogP contribution in [0.3, 0.4) is 0 Å². The number of hydrogen-bond donors (Lipinski definition) is 1. The minimum atomic E-state index is -0.435. The fourth-order valence-corrected chi connectivity index (χ4v) is 2.39. The molecule has 1 N–H and O–H groups in total. The average Bonchev–Trinajstić information content (AvgIpc) is 2.28. The van der Waals surface area contributed by atoms with Crippen molar-refractivity contribution in [3.05, 3.63) is 30.3 Å². The molecule has 0 saturated heterocycles. The van der Waals surface area contributed by atoms with Gasteiger partial charge in [0.25, 0.3) is 0 Å². The monoisotopic (exact) mass is 268 g/mol. The summed E-state index contributed by atoms with van der Waals surface area (Å²) < 4.78 is 1.26. The summed E-state index contributed by atoms with van der Waals surface area (Å²) >= 11 is 0.175. The van der Waals surface area contributed by atoms with Crippen LogP contribution in [0.15, 0.2) is 30.3 Å². The molecule has 0 aliphatic carbocycles. The summed E-state index contributed by atoms with van der Waals surface area (Å²) in [4.78, 5) is 3.07. The summed E-state index contributed by atoms with van der Waals surface area (Å²) in [6, 6.07) is 10.2. The van der Waals surface area contributed by atoms with E-state index < -0.39 is 6.10 Å². The van der Waals surface area contributed by atoms with Crippen molar-refractivity contribution in [1.82, 2.24) is 0 Å². The number of hydrogen-bond acceptors (Lipinski definition) is 1. The molecule has 0 bridgehead atoms. The van der Waals surface area contributed by atoms with Crippen molar-refractivity contribution in [2.75, 3.05) is 0 Å². The molecule has 1 aromatic carbocycles. The maximum atomic E-state index is 9.49. The Morgan fingerprint density at radius 3 is 2.73 bits per heavy atom. The van der Waals surface area contributed by atoms with Crippen molar-refractivity contribution >= 4 is 19.4 Å². The van der Waals surface area contributed by atoms with E-state index in [1.807, 2.05) is 18.2 Å². The van der Waals surface area contributed by atoms with Crippen LogP contribution >= 0.6 is 0 Å². The summed E-state index contributed by atoms with van der Waals surface area (Å²) in [6.07, 6.45) is 2.53. The quantitative estimate of drug-likeness (QED) is 0.648. The number of aliphatic hydroxyl groups excluding tert-OH is 1. The average molecular weight is 267 g/mol. The molecule has 1 atom stereocenters. The van der Waals surface area contributed by atoms with Gasteiger partial charge in [-0.25, -0.2) is 0 Å². The van der Waals surface area contributed by atoms with Crippen LogP contribution in [0.4, 0.5) is 0 Å². The van der Waals surface area contributed by atoms with Crippen LogP contribution in [0.25, 0.3) is 0 Å². The third kappa shape index (κ3) is 5.64. The summed E-state index contributed by atoms with van der Waals surface area (Å²) in [5.74, 6) is 2.90. The first-order valence-corrected chi connectivity index (χ1v) is 6.94. The van der Waals surface area contributed by atoms with Crippen LogP contribution in [-0.2, 0) is 0 Å². The maximum absolute atomic E-state index is 9.49. The molecule has 0 saturated carbocycles. The molecule has 0 aliphatic rings. The molecular weight excluding hydrogens is 251 g/mol. The van der Waals surface area contributed by atoms with Gasteiger partial charge in [0.15, 0.2) is 0 Å². The number of rotatable bonds is 4. The van der Waals surface area contributed by atoms with E-state index in [-0.39, 0.29) is 15.0 Å². The van der Waals surface area contributed by atoms with Gasteiger partial charge in [-0.3, -0.25) is 0 Å². The van der Waals surface area contributed by atoms with Crippen molar-refractivity contribution in [3.63, 3.8) is 0 Å². The second-order valence-electron chi connectivity index (χ2n) is 3.32. The van der Waals surface area contributed by atoms with Gasteiger partial charge in [0.1, 0.15) is 0 Å². The Bertz CT molecular complexity index is 323. The molecular formula is C13H16OSe. The van der Waals surface area contributed by atoms with Gasteiger partial charge >= 0.3 is 97.9 Å². The number of unbranched alkanes of at least 4 members (excludes halogenated alkanes) is 1. The first-order valence-electron chi connectivity index (χ1n) is 5.23. The summed E-state index contributed by atoms with van der Waals surface area (Å²) in [6.45, 7) is 2.12. The van der Waals surface area contributed by atoms with E-state index in [1.165, 1.54) is 4.46 Å². The van der Waals surface area contributed by atoms with Crippen LogP contribution in [0, 0.1) is 10.7 Å². The zero-order valence-electron chi connectivity index (χ0n) is 8.94. The third-order valence-corrected chi connectivity index (χ3v) is 3.50. The Labute approximate surface area is 98.1 Å². The molecule has 0 spiro atoms. The van der Waals surface area contributed by atoms with Gasteiger partial charge in [-0.05, 0) is 0 Å². The van der Waals surface area contributed by atoms with E-state index in [1.54, 1.807) is 0 Å². The first kappa shape index (κ1) is 12.3. The fraction of sp³-hybridized carbons (Fsp3) is 0.385. The molecule has 2 heteroatoms. The molecule has 0 radical (unpaired) electrons. The second-order valence-corrected chi connectivity index (χ2v) is 5.17. The zero-order valence-corrected chi connectivity index (χ0v) is 10.7. The van der Waals surface area contributed by atoms with Gasteiger partial charge in [0.2, 0.25) is 0 Å². The van der Waals surface area contributed by atoms with E-state index in [0.29, 0.717) is 0 Å². The fourth-order valence-electron chi connectivity index (χ4n) is 1.11. The number of aliphatic hydroxyl groups is 1. The van der Waals surface area contributed by atoms with Gasteiger partial charge in [0, 0.05) is 0 Å². The Balaban J connectivity index is 2.33. The molecule has 1 nitrogen and oxygen atoms in total. The molecule has 0 heterocycles. The standard InChI is InChI=1S/C13H16OSe/c1-2-3-7-12(14)10-11-15-13-8-5-4-6-9-13/h4-6,8-9,12,14H,2-3,7H2,1H3. The normalized spacial score (nSPS) is 11.6. The van der Waals surface area contributed by atoms with Gasteiger partial charge in [-0.2, -0.15) is 0 Å². The molecule has 1 unspecified atom stereocenters. The predicted molar refractivity (Wildman–Crippen MR) is 65.1 cm³/mol. The molecule has 80 valence electrons. The van der Waals surface area contributed by atoms with Crippen molar-refractivity contribution in [3.8, 4) is 10.7 Å². The van der Waals surface area contributed by atoms with E-state index in [2.05, 4.69) is 29.8 Å². The molecule has 1 aromatic rings. The summed E-state index contributed by atoms with van der Waals surface area (Å²) in [7, 11) is 0. The third-order valence-electron chi connectivity index (χ3n) is 1.97. The van der Waals surface area contributed by atoms with E-state index in [9.17, 15) is 5.11 Å². The van der Waals surface area contributed by atoms with E-state index in [0.717, 1.165) is 19.3 Å². The van der Waals surface area contributed by atoms with Crippen LogP contribution < -0.4 is 4.46 Å². The Morgan fingerprint density at radius 2 is 2.07 bits per heavy atom. The Kier molecular flexibility index (Phi) is 6.20. The van der Waals surface area contributed by atoms with Crippen molar-refractivity contribution < 1.29 is 5.11 Å². The van der Waals surface area contributed by atoms with Crippen LogP contribution in [0.1, 0.15) is 26.2 Å². The van der Waals surface area contributed by atoms with Crippen LogP contribution in [-0.4, -0.2) is 26.2 Å². The second kappa shape index (κ2) is 7.54. The molecule has 0 amide bonds. The number of benzene rings is 1. The molecule has 1 rings (SSSR count). The summed E-state index contributed by atoms with van der Waals surface area (Å²) in [5.41, 5.74) is 0. The SMILES string of the molecule is CCCCC(O)C#C[Se]c1ccccc1. The van der Waals surface area contributed by atoms with Gasteiger partial charge in [-0.15, -0.1) is 0 Å². The molecule has 15 heavy (non-hydrogen) atoms. The minimum absolute atomic E-state index is 0.175.